The van der Waals surface area contributed by atoms with E-state index in [0.29, 0.717) is 16.7 Å². The number of carbonyl (C=O) groups excluding carboxylic acids is 1. The first-order valence-corrected chi connectivity index (χ1v) is 10.8. The van der Waals surface area contributed by atoms with Gasteiger partial charge in [0.15, 0.2) is 5.75 Å². The normalized spacial score (nSPS) is 11.6. The van der Waals surface area contributed by atoms with Gasteiger partial charge in [0.2, 0.25) is 5.88 Å². The van der Waals surface area contributed by atoms with E-state index in [0.717, 1.165) is 0 Å². The molecule has 10 nitrogen and oxygen atoms in total. The number of nitrogens with one attached hydrogen (secondary N) is 1. The van der Waals surface area contributed by atoms with Crippen molar-refractivity contribution in [3.05, 3.63) is 48.3 Å². The van der Waals surface area contributed by atoms with Gasteiger partial charge in [0.1, 0.15) is 22.9 Å². The molecule has 4 rings (SSSR count). The number of aromatic nitrogens is 5. The van der Waals surface area contributed by atoms with E-state index in [4.69, 9.17) is 9.47 Å². The summed E-state index contributed by atoms with van der Waals surface area (Å²) in [6.07, 6.45) is 3.94. The van der Waals surface area contributed by atoms with Crippen LogP contribution >= 0.6 is 0 Å². The Labute approximate surface area is 200 Å². The number of amides is 1. The van der Waals surface area contributed by atoms with Crippen LogP contribution in [0.3, 0.4) is 0 Å². The van der Waals surface area contributed by atoms with Crippen molar-refractivity contribution in [3.8, 4) is 17.6 Å². The quantitative estimate of drug-likeness (QED) is 0.384. The summed E-state index contributed by atoms with van der Waals surface area (Å²) in [6.45, 7) is 10.6. The summed E-state index contributed by atoms with van der Waals surface area (Å²) < 4.78 is 26.3. The number of hydrogen-bond donors (Lipinski definition) is 2. The van der Waals surface area contributed by atoms with Crippen LogP contribution in [-0.2, 0) is 11.2 Å². The van der Waals surface area contributed by atoms with Crippen molar-refractivity contribution in [2.75, 3.05) is 11.9 Å². The van der Waals surface area contributed by atoms with E-state index >= 15 is 4.39 Å². The molecule has 0 bridgehead atoms. The summed E-state index contributed by atoms with van der Waals surface area (Å²) in [5, 5.41) is 11.3. The highest BCUT2D eigenvalue weighted by atomic mass is 19.1. The van der Waals surface area contributed by atoms with Crippen LogP contribution in [0.2, 0.25) is 0 Å². The number of anilines is 1. The van der Waals surface area contributed by atoms with E-state index < -0.39 is 23.4 Å². The molecule has 11 heteroatoms. The lowest BCUT2D eigenvalue weighted by Gasteiger charge is -2.25. The maximum atomic E-state index is 15.3. The summed E-state index contributed by atoms with van der Waals surface area (Å²) in [4.78, 5) is 33.5. The molecule has 0 unspecified atom stereocenters. The first-order chi connectivity index (χ1) is 16.5. The Kier molecular flexibility index (Phi) is 6.01. The van der Waals surface area contributed by atoms with Crippen molar-refractivity contribution < 1.29 is 23.8 Å². The van der Waals surface area contributed by atoms with Crippen LogP contribution in [0, 0.1) is 12.7 Å². The number of aromatic amines is 1. The van der Waals surface area contributed by atoms with Gasteiger partial charge in [0.05, 0.1) is 29.0 Å². The lowest BCUT2D eigenvalue weighted by Crippen LogP contribution is -2.34. The lowest BCUT2D eigenvalue weighted by molar-refractivity contribution is 0.0589. The van der Waals surface area contributed by atoms with Gasteiger partial charge in [-0.2, -0.15) is 9.97 Å². The molecule has 1 amide bonds. The topological polar surface area (TPSA) is 126 Å². The molecule has 1 aromatic carbocycles. The minimum absolute atomic E-state index is 0.165. The van der Waals surface area contributed by atoms with Crippen molar-refractivity contribution >= 4 is 33.7 Å². The summed E-state index contributed by atoms with van der Waals surface area (Å²) in [6, 6.07) is 1.06. The summed E-state index contributed by atoms with van der Waals surface area (Å²) in [7, 11) is 1.47. The Balaban J connectivity index is 1.90. The predicted molar refractivity (Wildman–Crippen MR) is 128 cm³/mol. The van der Waals surface area contributed by atoms with Gasteiger partial charge in [0, 0.05) is 24.1 Å². The van der Waals surface area contributed by atoms with Crippen LogP contribution in [0.4, 0.5) is 14.9 Å². The average Bonchev–Trinajstić information content (AvgIpc) is 3.15. The maximum Gasteiger partial charge on any atom is 0.414 e. The number of hydrogen-bond acceptors (Lipinski definition) is 8. The second-order valence-corrected chi connectivity index (χ2v) is 8.88. The number of carbonyl (C=O) groups is 1. The molecule has 0 saturated heterocycles. The van der Waals surface area contributed by atoms with Gasteiger partial charge in [-0.25, -0.2) is 19.2 Å². The fourth-order valence-corrected chi connectivity index (χ4v) is 3.57. The van der Waals surface area contributed by atoms with Crippen molar-refractivity contribution in [1.82, 2.24) is 24.9 Å². The first-order valence-electron chi connectivity index (χ1n) is 10.8. The second kappa shape index (κ2) is 8.82. The summed E-state index contributed by atoms with van der Waals surface area (Å²) >= 11 is 0. The van der Waals surface area contributed by atoms with Crippen LogP contribution in [-0.4, -0.2) is 48.8 Å². The third kappa shape index (κ3) is 4.70. The van der Waals surface area contributed by atoms with Crippen LogP contribution < -0.4 is 9.64 Å². The van der Waals surface area contributed by atoms with Gasteiger partial charge < -0.3 is 19.6 Å². The van der Waals surface area contributed by atoms with Crippen LogP contribution in [0.5, 0.6) is 17.6 Å². The molecular weight excluding hydrogens is 455 g/mol. The smallest absolute Gasteiger partial charge is 0.414 e. The number of benzene rings is 1. The molecule has 0 fully saturated rings. The molecular formula is C24H25FN6O4. The second-order valence-electron chi connectivity index (χ2n) is 8.88. The Morgan fingerprint density at radius 3 is 2.57 bits per heavy atom. The highest BCUT2D eigenvalue weighted by Gasteiger charge is 2.27. The van der Waals surface area contributed by atoms with Gasteiger partial charge in [-0.1, -0.05) is 6.08 Å². The molecule has 0 spiro atoms. The molecule has 0 aliphatic carbocycles. The van der Waals surface area contributed by atoms with Crippen molar-refractivity contribution in [2.45, 2.75) is 39.7 Å². The van der Waals surface area contributed by atoms with E-state index in [-0.39, 0.29) is 40.5 Å². The number of ether oxygens (including phenoxy) is 2. The van der Waals surface area contributed by atoms with Gasteiger partial charge in [-0.3, -0.25) is 4.90 Å². The Hall–Kier alpha value is -4.28. The van der Waals surface area contributed by atoms with E-state index in [1.807, 2.05) is 0 Å². The fraction of sp³-hybridized carbons (Fsp3) is 0.292. The van der Waals surface area contributed by atoms with Gasteiger partial charge in [0.25, 0.3) is 0 Å². The number of H-pyrrole nitrogens is 1. The Bertz CT molecular complexity index is 1440. The molecule has 0 atom stereocenters. The zero-order valence-corrected chi connectivity index (χ0v) is 20.0. The van der Waals surface area contributed by atoms with Crippen molar-refractivity contribution in [2.24, 2.45) is 0 Å². The standard InChI is InChI=1S/C24H25FN6O4/c1-7-8-14-15(25)9-16(31(6)23(33)35-24(3,4)5)19-17(14)18-20(28-19)29-22(30-21(18)32)34-13-10-26-12(2)27-11-13/h7,9-11H,1,8H2,2-6H3,(H2,28,29,30,32). The summed E-state index contributed by atoms with van der Waals surface area (Å²) in [5.41, 5.74) is 0.271. The first kappa shape index (κ1) is 23.9. The highest BCUT2D eigenvalue weighted by molar-refractivity contribution is 6.15. The number of rotatable bonds is 5. The van der Waals surface area contributed by atoms with Gasteiger partial charge in [-0.15, -0.1) is 6.58 Å². The molecule has 3 aromatic heterocycles. The summed E-state index contributed by atoms with van der Waals surface area (Å²) in [5.74, 6) is -0.175. The van der Waals surface area contributed by atoms with Crippen molar-refractivity contribution in [3.63, 3.8) is 0 Å². The number of aromatic hydroxyl groups is 1. The van der Waals surface area contributed by atoms with E-state index in [1.165, 1.54) is 30.4 Å². The third-order valence-corrected chi connectivity index (χ3v) is 5.07. The largest absolute Gasteiger partial charge is 0.493 e. The van der Waals surface area contributed by atoms with Crippen LogP contribution in [0.25, 0.3) is 21.9 Å². The molecule has 4 aromatic rings. The maximum absolute atomic E-state index is 15.3. The SMILES string of the molecule is C=CCc1c(F)cc(N(C)C(=O)OC(C)(C)C)c2[nH]c3nc(Oc4cnc(C)nc4)nc(O)c3c12. The molecule has 0 aliphatic rings. The van der Waals surface area contributed by atoms with E-state index in [2.05, 4.69) is 31.5 Å². The number of allylic oxidation sites excluding steroid dienone is 1. The van der Waals surface area contributed by atoms with Gasteiger partial charge in [-0.05, 0) is 34.1 Å². The van der Waals surface area contributed by atoms with Crippen molar-refractivity contribution in [1.29, 1.82) is 0 Å². The Morgan fingerprint density at radius 1 is 1.26 bits per heavy atom. The lowest BCUT2D eigenvalue weighted by atomic mass is 10.0. The zero-order valence-electron chi connectivity index (χ0n) is 20.0. The van der Waals surface area contributed by atoms with Crippen LogP contribution in [0.15, 0.2) is 31.1 Å². The van der Waals surface area contributed by atoms with Gasteiger partial charge >= 0.3 is 12.1 Å². The zero-order chi connectivity index (χ0) is 25.5. The molecule has 182 valence electrons. The Morgan fingerprint density at radius 2 is 1.94 bits per heavy atom. The van der Waals surface area contributed by atoms with E-state index in [9.17, 15) is 9.90 Å². The number of fused-ring (bicyclic) bond motifs is 3. The average molecular weight is 481 g/mol. The predicted octanol–water partition coefficient (Wildman–Crippen LogP) is 4.95. The molecule has 0 aliphatic heterocycles. The third-order valence-electron chi connectivity index (χ3n) is 5.07. The molecule has 2 N–H and O–H groups in total. The highest BCUT2D eigenvalue weighted by Crippen LogP contribution is 2.40. The fourth-order valence-electron chi connectivity index (χ4n) is 3.57. The number of nitrogens with zero attached hydrogens (tertiary/aromatic N) is 5. The molecule has 0 radical (unpaired) electrons. The molecule has 35 heavy (non-hydrogen) atoms. The number of halogens is 1. The van der Waals surface area contributed by atoms with Crippen LogP contribution in [0.1, 0.15) is 32.2 Å². The number of aryl methyl sites for hydroxylation is 1. The minimum atomic E-state index is -0.748. The molecule has 0 saturated carbocycles. The minimum Gasteiger partial charge on any atom is -0.493 e. The monoisotopic (exact) mass is 480 g/mol. The molecule has 3 heterocycles. The van der Waals surface area contributed by atoms with E-state index in [1.54, 1.807) is 33.8 Å².